The fraction of sp³-hybridized carbons (Fsp3) is 0.105. The van der Waals surface area contributed by atoms with Crippen molar-refractivity contribution in [3.05, 3.63) is 65.9 Å². The van der Waals surface area contributed by atoms with Crippen molar-refractivity contribution in [2.45, 2.75) is 23.0 Å². The molecule has 28 heavy (non-hydrogen) atoms. The van der Waals surface area contributed by atoms with E-state index in [9.17, 15) is 18.0 Å². The summed E-state index contributed by atoms with van der Waals surface area (Å²) < 4.78 is 30.3. The van der Waals surface area contributed by atoms with Gasteiger partial charge in [-0.15, -0.1) is 0 Å². The minimum absolute atomic E-state index is 0.0264. The molecule has 3 rings (SSSR count). The smallest absolute Gasteiger partial charge is 0.308 e. The van der Waals surface area contributed by atoms with E-state index in [1.54, 1.807) is 37.3 Å². The number of carbonyl (C=O) groups is 2. The number of ether oxygens (including phenoxy) is 1. The van der Waals surface area contributed by atoms with Crippen molar-refractivity contribution < 1.29 is 22.7 Å². The van der Waals surface area contributed by atoms with Gasteiger partial charge in [0.15, 0.2) is 5.13 Å². The first-order valence-corrected chi connectivity index (χ1v) is 10.4. The van der Waals surface area contributed by atoms with Crippen molar-refractivity contribution in [3.8, 4) is 5.75 Å². The minimum atomic E-state index is -3.70. The number of amides is 1. The van der Waals surface area contributed by atoms with Crippen LogP contribution >= 0.6 is 11.3 Å². The Bertz CT molecular complexity index is 1140. The number of esters is 1. The van der Waals surface area contributed by atoms with Gasteiger partial charge in [0.1, 0.15) is 9.96 Å². The number of thiazole rings is 1. The van der Waals surface area contributed by atoms with Gasteiger partial charge in [-0.2, -0.15) is 0 Å². The van der Waals surface area contributed by atoms with Crippen molar-refractivity contribution in [2.75, 3.05) is 5.32 Å². The van der Waals surface area contributed by atoms with Crippen LogP contribution in [0.4, 0.5) is 5.13 Å². The molecule has 1 heterocycles. The van der Waals surface area contributed by atoms with Gasteiger partial charge in [0.25, 0.3) is 5.91 Å². The van der Waals surface area contributed by atoms with Crippen molar-refractivity contribution in [1.29, 1.82) is 0 Å². The van der Waals surface area contributed by atoms with Crippen LogP contribution in [0.3, 0.4) is 0 Å². The molecule has 1 N–H and O–H groups in total. The number of hydrogen-bond acceptors (Lipinski definition) is 7. The molecule has 0 aliphatic heterocycles. The fourth-order valence-corrected chi connectivity index (χ4v) is 4.78. The maximum atomic E-state index is 12.6. The lowest BCUT2D eigenvalue weighted by Gasteiger charge is -2.08. The van der Waals surface area contributed by atoms with Gasteiger partial charge in [0.2, 0.25) is 9.84 Å². The second-order valence-corrected chi connectivity index (χ2v) is 9.04. The number of nitrogens with zero attached hydrogens (tertiary/aromatic N) is 1. The average molecular weight is 416 g/mol. The molecule has 144 valence electrons. The van der Waals surface area contributed by atoms with Crippen LogP contribution in [0, 0.1) is 6.92 Å². The maximum absolute atomic E-state index is 12.6. The first kappa shape index (κ1) is 19.7. The molecule has 9 heteroatoms. The molecule has 2 aromatic carbocycles. The lowest BCUT2D eigenvalue weighted by Crippen LogP contribution is -2.12. The Morgan fingerprint density at radius 1 is 1.11 bits per heavy atom. The first-order valence-electron chi connectivity index (χ1n) is 8.14. The third-order valence-electron chi connectivity index (χ3n) is 3.73. The highest BCUT2D eigenvalue weighted by molar-refractivity contribution is 7.93. The minimum Gasteiger partial charge on any atom is -0.426 e. The number of aromatic nitrogens is 1. The SMILES string of the molecule is CC(=O)Oc1cc(C(=O)Nc2ncc(S(=O)(=O)c3ccccc3)s2)ccc1C. The molecule has 3 aromatic rings. The van der Waals surface area contributed by atoms with E-state index < -0.39 is 21.7 Å². The predicted octanol–water partition coefficient (Wildman–Crippen LogP) is 3.46. The Morgan fingerprint density at radius 3 is 2.50 bits per heavy atom. The van der Waals surface area contributed by atoms with E-state index >= 15 is 0 Å². The van der Waals surface area contributed by atoms with Crippen molar-refractivity contribution in [1.82, 2.24) is 4.98 Å². The van der Waals surface area contributed by atoms with Crippen LogP contribution in [0.1, 0.15) is 22.8 Å². The highest BCUT2D eigenvalue weighted by Crippen LogP contribution is 2.29. The second-order valence-electron chi connectivity index (χ2n) is 5.83. The molecule has 0 fully saturated rings. The molecule has 0 atom stereocenters. The Hall–Kier alpha value is -3.04. The lowest BCUT2D eigenvalue weighted by atomic mass is 10.1. The molecule has 0 saturated carbocycles. The summed E-state index contributed by atoms with van der Waals surface area (Å²) in [7, 11) is -3.70. The zero-order chi connectivity index (χ0) is 20.3. The van der Waals surface area contributed by atoms with E-state index in [-0.39, 0.29) is 25.5 Å². The highest BCUT2D eigenvalue weighted by Gasteiger charge is 2.21. The molecular weight excluding hydrogens is 400 g/mol. The number of benzene rings is 2. The van der Waals surface area contributed by atoms with Crippen LogP contribution in [0.25, 0.3) is 0 Å². The zero-order valence-electron chi connectivity index (χ0n) is 15.0. The van der Waals surface area contributed by atoms with Crippen LogP contribution < -0.4 is 10.1 Å². The van der Waals surface area contributed by atoms with E-state index in [4.69, 9.17) is 4.74 Å². The monoisotopic (exact) mass is 416 g/mol. The van der Waals surface area contributed by atoms with E-state index in [0.29, 0.717) is 5.56 Å². The Kier molecular flexibility index (Phi) is 5.57. The van der Waals surface area contributed by atoms with Gasteiger partial charge in [-0.1, -0.05) is 35.6 Å². The summed E-state index contributed by atoms with van der Waals surface area (Å²) in [6.45, 7) is 3.03. The van der Waals surface area contributed by atoms with Gasteiger partial charge >= 0.3 is 5.97 Å². The summed E-state index contributed by atoms with van der Waals surface area (Å²) in [6, 6.07) is 12.7. The van der Waals surface area contributed by atoms with Crippen LogP contribution in [-0.2, 0) is 14.6 Å². The van der Waals surface area contributed by atoms with Crippen molar-refractivity contribution in [3.63, 3.8) is 0 Å². The molecule has 1 aromatic heterocycles. The quantitative estimate of drug-likeness (QED) is 0.505. The number of nitrogens with one attached hydrogen (secondary N) is 1. The molecule has 0 saturated heterocycles. The van der Waals surface area contributed by atoms with Crippen LogP contribution in [0.15, 0.2) is 63.8 Å². The van der Waals surface area contributed by atoms with E-state index in [1.165, 1.54) is 31.3 Å². The van der Waals surface area contributed by atoms with Crippen molar-refractivity contribution in [2.24, 2.45) is 0 Å². The average Bonchev–Trinajstić information content (AvgIpc) is 3.13. The standard InChI is InChI=1S/C19H16N2O5S2/c1-12-8-9-14(10-16(12)26-13(2)22)18(23)21-19-20-11-17(27-19)28(24,25)15-6-4-3-5-7-15/h3-11H,1-2H3,(H,20,21,23). The molecule has 0 spiro atoms. The molecule has 0 unspecified atom stereocenters. The third kappa shape index (κ3) is 4.26. The van der Waals surface area contributed by atoms with Gasteiger partial charge in [0, 0.05) is 12.5 Å². The number of anilines is 1. The van der Waals surface area contributed by atoms with E-state index in [1.807, 2.05) is 0 Å². The number of sulfone groups is 1. The normalized spacial score (nSPS) is 11.1. The number of hydrogen-bond donors (Lipinski definition) is 1. The number of carbonyl (C=O) groups excluding carboxylic acids is 2. The van der Waals surface area contributed by atoms with Gasteiger partial charge in [0.05, 0.1) is 11.1 Å². The largest absolute Gasteiger partial charge is 0.426 e. The summed E-state index contributed by atoms with van der Waals surface area (Å²) >= 11 is 0.859. The Labute approximate surface area is 165 Å². The fourth-order valence-electron chi connectivity index (χ4n) is 2.33. The number of rotatable bonds is 5. The van der Waals surface area contributed by atoms with E-state index in [2.05, 4.69) is 10.3 Å². The third-order valence-corrected chi connectivity index (χ3v) is 6.87. The first-order chi connectivity index (χ1) is 13.3. The van der Waals surface area contributed by atoms with Crippen LogP contribution in [-0.4, -0.2) is 25.3 Å². The Morgan fingerprint density at radius 2 is 1.82 bits per heavy atom. The summed E-state index contributed by atoms with van der Waals surface area (Å²) in [5.41, 5.74) is 0.960. The molecule has 0 bridgehead atoms. The van der Waals surface area contributed by atoms with Gasteiger partial charge in [-0.05, 0) is 36.8 Å². The molecular formula is C19H16N2O5S2. The molecule has 0 aliphatic rings. The number of aryl methyl sites for hydroxylation is 1. The summed E-state index contributed by atoms with van der Waals surface area (Å²) in [5.74, 6) is -0.700. The van der Waals surface area contributed by atoms with E-state index in [0.717, 1.165) is 11.3 Å². The molecule has 1 amide bonds. The summed E-state index contributed by atoms with van der Waals surface area (Å²) in [5, 5.41) is 2.71. The van der Waals surface area contributed by atoms with Gasteiger partial charge in [-0.3, -0.25) is 14.9 Å². The lowest BCUT2D eigenvalue weighted by molar-refractivity contribution is -0.131. The van der Waals surface area contributed by atoms with Gasteiger partial charge < -0.3 is 4.74 Å². The predicted molar refractivity (Wildman–Crippen MR) is 104 cm³/mol. The maximum Gasteiger partial charge on any atom is 0.308 e. The Balaban J connectivity index is 1.80. The van der Waals surface area contributed by atoms with Crippen molar-refractivity contribution >= 4 is 38.2 Å². The van der Waals surface area contributed by atoms with Crippen LogP contribution in [0.2, 0.25) is 0 Å². The topological polar surface area (TPSA) is 102 Å². The molecule has 0 aliphatic carbocycles. The van der Waals surface area contributed by atoms with Crippen LogP contribution in [0.5, 0.6) is 5.75 Å². The summed E-state index contributed by atoms with van der Waals surface area (Å²) in [6.07, 6.45) is 1.21. The highest BCUT2D eigenvalue weighted by atomic mass is 32.2. The second kappa shape index (κ2) is 7.91. The zero-order valence-corrected chi connectivity index (χ0v) is 16.6. The molecule has 7 nitrogen and oxygen atoms in total. The summed E-state index contributed by atoms with van der Waals surface area (Å²) in [4.78, 5) is 27.8. The van der Waals surface area contributed by atoms with Gasteiger partial charge in [-0.25, -0.2) is 13.4 Å². The molecule has 0 radical (unpaired) electrons.